The average Bonchev–Trinajstić information content (AvgIpc) is 2.46. The minimum Gasteiger partial charge on any atom is -0.267 e. The number of benzene rings is 2. The lowest BCUT2D eigenvalue weighted by Gasteiger charge is -2.04. The zero-order valence-corrected chi connectivity index (χ0v) is 11.4. The van der Waals surface area contributed by atoms with Crippen LogP contribution in [0.15, 0.2) is 42.5 Å². The van der Waals surface area contributed by atoms with Gasteiger partial charge < -0.3 is 0 Å². The Bertz CT molecular complexity index is 548. The average molecular weight is 254 g/mol. The van der Waals surface area contributed by atoms with E-state index in [1.54, 1.807) is 0 Å². The molecule has 1 radical (unpaired) electrons. The van der Waals surface area contributed by atoms with Crippen molar-refractivity contribution in [1.29, 1.82) is 0 Å². The minimum atomic E-state index is -0.0951. The van der Waals surface area contributed by atoms with E-state index in [1.807, 2.05) is 42.5 Å². The van der Waals surface area contributed by atoms with Gasteiger partial charge in [-0.05, 0) is 29.3 Å². The summed E-state index contributed by atoms with van der Waals surface area (Å²) in [6.07, 6.45) is 4.59. The summed E-state index contributed by atoms with van der Waals surface area (Å²) in [6, 6.07) is 13.8. The zero-order chi connectivity index (χ0) is 13.5. The van der Waals surface area contributed by atoms with E-state index in [4.69, 9.17) is 0 Å². The number of carbonyl (C=O) groups is 1. The molecule has 1 amide bonds. The second kappa shape index (κ2) is 6.93. The predicted octanol–water partition coefficient (Wildman–Crippen LogP) is 4.16. The number of fused-ring (bicyclic) bond motifs is 1. The van der Waals surface area contributed by atoms with Crippen LogP contribution < -0.4 is 5.32 Å². The Morgan fingerprint density at radius 1 is 1.00 bits per heavy atom. The van der Waals surface area contributed by atoms with E-state index in [9.17, 15) is 4.79 Å². The van der Waals surface area contributed by atoms with Crippen LogP contribution in [-0.2, 0) is 0 Å². The molecule has 0 saturated heterocycles. The van der Waals surface area contributed by atoms with Gasteiger partial charge in [-0.3, -0.25) is 4.79 Å². The van der Waals surface area contributed by atoms with Crippen molar-refractivity contribution in [2.75, 3.05) is 6.54 Å². The molecule has 99 valence electrons. The minimum absolute atomic E-state index is 0.0951. The van der Waals surface area contributed by atoms with Crippen LogP contribution in [0.1, 0.15) is 43.0 Å². The van der Waals surface area contributed by atoms with Crippen molar-refractivity contribution in [2.24, 2.45) is 0 Å². The fraction of sp³-hybridized carbons (Fsp3) is 0.353. The molecule has 0 unspecified atom stereocenters. The molecule has 0 fully saturated rings. The number of unbranched alkanes of at least 4 members (excludes halogenated alkanes) is 3. The molecule has 0 aliphatic heterocycles. The Hall–Kier alpha value is -1.83. The normalized spacial score (nSPS) is 10.6. The summed E-state index contributed by atoms with van der Waals surface area (Å²) in [5.41, 5.74) is 0.689. The van der Waals surface area contributed by atoms with Gasteiger partial charge in [0.25, 0.3) is 5.91 Å². The molecule has 2 rings (SSSR count). The number of carbonyl (C=O) groups excluding carboxylic acids is 1. The predicted molar refractivity (Wildman–Crippen MR) is 79.4 cm³/mol. The molecule has 0 aromatic heterocycles. The van der Waals surface area contributed by atoms with Gasteiger partial charge in [-0.15, -0.1) is 0 Å². The van der Waals surface area contributed by atoms with Crippen LogP contribution in [0.5, 0.6) is 0 Å². The molecule has 0 saturated carbocycles. The molecule has 0 aliphatic rings. The highest BCUT2D eigenvalue weighted by Gasteiger charge is 2.06. The number of rotatable bonds is 6. The highest BCUT2D eigenvalue weighted by molar-refractivity contribution is 5.98. The molecule has 0 heterocycles. The van der Waals surface area contributed by atoms with E-state index < -0.39 is 0 Å². The Morgan fingerprint density at radius 3 is 2.58 bits per heavy atom. The number of nitrogens with zero attached hydrogens (tertiary/aromatic N) is 1. The first kappa shape index (κ1) is 13.6. The summed E-state index contributed by atoms with van der Waals surface area (Å²) in [6.45, 7) is 2.82. The van der Waals surface area contributed by atoms with Crippen molar-refractivity contribution in [1.82, 2.24) is 5.32 Å². The summed E-state index contributed by atoms with van der Waals surface area (Å²) in [4.78, 5) is 12.0. The number of hydrogen-bond acceptors (Lipinski definition) is 1. The summed E-state index contributed by atoms with van der Waals surface area (Å²) in [5, 5.41) is 6.38. The molecule has 0 aliphatic carbocycles. The quantitative estimate of drug-likeness (QED) is 0.712. The van der Waals surface area contributed by atoms with Crippen LogP contribution in [0.2, 0.25) is 0 Å². The van der Waals surface area contributed by atoms with Crippen LogP contribution in [0.25, 0.3) is 10.8 Å². The molecule has 0 spiro atoms. The zero-order valence-electron chi connectivity index (χ0n) is 11.4. The third-order valence-corrected chi connectivity index (χ3v) is 3.26. The van der Waals surface area contributed by atoms with Gasteiger partial charge in [-0.1, -0.05) is 56.5 Å². The van der Waals surface area contributed by atoms with Crippen molar-refractivity contribution in [3.05, 3.63) is 48.0 Å². The highest BCUT2D eigenvalue weighted by atomic mass is 16.1. The van der Waals surface area contributed by atoms with Gasteiger partial charge in [-0.2, -0.15) is 0 Å². The SMILES string of the molecule is CCCCCC[N]C(=O)c1ccc2ccccc2c1. The Morgan fingerprint density at radius 2 is 1.79 bits per heavy atom. The van der Waals surface area contributed by atoms with Gasteiger partial charge in [0.2, 0.25) is 0 Å². The lowest BCUT2D eigenvalue weighted by Crippen LogP contribution is -2.16. The van der Waals surface area contributed by atoms with Crippen molar-refractivity contribution >= 4 is 16.7 Å². The van der Waals surface area contributed by atoms with E-state index in [2.05, 4.69) is 12.2 Å². The van der Waals surface area contributed by atoms with Gasteiger partial charge in [-0.25, -0.2) is 5.32 Å². The molecule has 2 aromatic rings. The Kier molecular flexibility index (Phi) is 4.96. The monoisotopic (exact) mass is 254 g/mol. The third kappa shape index (κ3) is 3.82. The molecule has 0 atom stereocenters. The molecular formula is C17H20NO. The maximum atomic E-state index is 12.0. The fourth-order valence-electron chi connectivity index (χ4n) is 2.13. The van der Waals surface area contributed by atoms with Crippen molar-refractivity contribution in [2.45, 2.75) is 32.6 Å². The summed E-state index contributed by atoms with van der Waals surface area (Å²) < 4.78 is 0. The standard InChI is InChI=1S/C17H20NO/c1-2-3-4-7-12-18-17(19)16-11-10-14-8-5-6-9-15(14)13-16/h5-6,8-11,13H,2-4,7,12H2,1H3. The van der Waals surface area contributed by atoms with Crippen LogP contribution in [0.4, 0.5) is 0 Å². The largest absolute Gasteiger partial charge is 0.272 e. The van der Waals surface area contributed by atoms with E-state index >= 15 is 0 Å². The third-order valence-electron chi connectivity index (χ3n) is 3.26. The number of amides is 1. The summed E-state index contributed by atoms with van der Waals surface area (Å²) in [7, 11) is 0. The summed E-state index contributed by atoms with van der Waals surface area (Å²) in [5.74, 6) is -0.0951. The van der Waals surface area contributed by atoms with Gasteiger partial charge in [0.05, 0.1) is 0 Å². The van der Waals surface area contributed by atoms with Crippen LogP contribution in [0.3, 0.4) is 0 Å². The lowest BCUT2D eigenvalue weighted by atomic mass is 10.1. The molecule has 2 heteroatoms. The van der Waals surface area contributed by atoms with E-state index in [0.717, 1.165) is 23.6 Å². The summed E-state index contributed by atoms with van der Waals surface area (Å²) >= 11 is 0. The van der Waals surface area contributed by atoms with E-state index in [-0.39, 0.29) is 5.91 Å². The molecule has 2 aromatic carbocycles. The van der Waals surface area contributed by atoms with E-state index in [1.165, 1.54) is 12.8 Å². The van der Waals surface area contributed by atoms with Gasteiger partial charge in [0.15, 0.2) is 0 Å². The Labute approximate surface area is 114 Å². The maximum absolute atomic E-state index is 12.0. The maximum Gasteiger partial charge on any atom is 0.272 e. The second-order valence-electron chi connectivity index (χ2n) is 4.81. The molecule has 19 heavy (non-hydrogen) atoms. The highest BCUT2D eigenvalue weighted by Crippen LogP contribution is 2.15. The number of hydrogen-bond donors (Lipinski definition) is 0. The second-order valence-corrected chi connectivity index (χ2v) is 4.81. The first-order valence-corrected chi connectivity index (χ1v) is 7.02. The Balaban J connectivity index is 1.93. The molecule has 0 N–H and O–H groups in total. The van der Waals surface area contributed by atoms with Crippen LogP contribution in [0, 0.1) is 0 Å². The van der Waals surface area contributed by atoms with Crippen LogP contribution in [-0.4, -0.2) is 12.5 Å². The molecule has 0 bridgehead atoms. The van der Waals surface area contributed by atoms with E-state index in [0.29, 0.717) is 12.1 Å². The molecular weight excluding hydrogens is 234 g/mol. The van der Waals surface area contributed by atoms with Crippen molar-refractivity contribution < 1.29 is 4.79 Å². The smallest absolute Gasteiger partial charge is 0.267 e. The van der Waals surface area contributed by atoms with Gasteiger partial charge in [0.1, 0.15) is 0 Å². The van der Waals surface area contributed by atoms with Crippen molar-refractivity contribution in [3.63, 3.8) is 0 Å². The van der Waals surface area contributed by atoms with Gasteiger partial charge in [0, 0.05) is 12.1 Å². The molecule has 2 nitrogen and oxygen atoms in total. The lowest BCUT2D eigenvalue weighted by molar-refractivity contribution is 0.0948. The topological polar surface area (TPSA) is 31.2 Å². The fourth-order valence-corrected chi connectivity index (χ4v) is 2.13. The van der Waals surface area contributed by atoms with Crippen molar-refractivity contribution in [3.8, 4) is 0 Å². The first-order chi connectivity index (χ1) is 9.31. The van der Waals surface area contributed by atoms with Gasteiger partial charge >= 0.3 is 0 Å². The van der Waals surface area contributed by atoms with Crippen LogP contribution >= 0.6 is 0 Å². The first-order valence-electron chi connectivity index (χ1n) is 7.02.